The van der Waals surface area contributed by atoms with Crippen molar-refractivity contribution in [3.63, 3.8) is 0 Å². The first-order valence-corrected chi connectivity index (χ1v) is 8.83. The van der Waals surface area contributed by atoms with E-state index < -0.39 is 0 Å². The fourth-order valence-electron chi connectivity index (χ4n) is 3.11. The van der Waals surface area contributed by atoms with Crippen LogP contribution in [0.2, 0.25) is 0 Å². The van der Waals surface area contributed by atoms with Crippen molar-refractivity contribution in [3.05, 3.63) is 53.9 Å². The van der Waals surface area contributed by atoms with E-state index in [0.29, 0.717) is 12.1 Å². The van der Waals surface area contributed by atoms with Gasteiger partial charge in [0.05, 0.1) is 5.69 Å². The van der Waals surface area contributed by atoms with E-state index >= 15 is 0 Å². The number of nitrogens with zero attached hydrogens (tertiary/aromatic N) is 3. The maximum absolute atomic E-state index is 6.06. The second-order valence-corrected chi connectivity index (χ2v) is 8.47. The average Bonchev–Trinajstić information content (AvgIpc) is 3.17. The van der Waals surface area contributed by atoms with Crippen LogP contribution in [-0.4, -0.2) is 15.0 Å². The second-order valence-electron chi connectivity index (χ2n) is 8.47. The van der Waals surface area contributed by atoms with E-state index in [-0.39, 0.29) is 10.8 Å². The standard InChI is InChI=1S/C21H23N3O2/c1-20(2,3)13-6-7-14-16(10-13)26-18(23-14)11-21(4,5)17-9-8-15-19(24-17)25-12-22-15/h6-10,12H,11H2,1-5H3. The van der Waals surface area contributed by atoms with Crippen LogP contribution in [0.3, 0.4) is 0 Å². The third-order valence-corrected chi connectivity index (χ3v) is 4.78. The molecule has 0 unspecified atom stereocenters. The lowest BCUT2D eigenvalue weighted by atomic mass is 9.85. The van der Waals surface area contributed by atoms with Gasteiger partial charge in [-0.3, -0.25) is 0 Å². The van der Waals surface area contributed by atoms with Gasteiger partial charge in [0.25, 0.3) is 0 Å². The summed E-state index contributed by atoms with van der Waals surface area (Å²) in [5, 5.41) is 0. The number of benzene rings is 1. The molecule has 4 aromatic rings. The second kappa shape index (κ2) is 5.66. The Morgan fingerprint density at radius 3 is 2.46 bits per heavy atom. The molecule has 134 valence electrons. The smallest absolute Gasteiger partial charge is 0.246 e. The summed E-state index contributed by atoms with van der Waals surface area (Å²) in [6, 6.07) is 10.2. The zero-order valence-electron chi connectivity index (χ0n) is 15.8. The fraction of sp³-hybridized carbons (Fsp3) is 0.381. The minimum absolute atomic E-state index is 0.0802. The van der Waals surface area contributed by atoms with Crippen LogP contribution in [0.25, 0.3) is 22.3 Å². The van der Waals surface area contributed by atoms with Crippen LogP contribution < -0.4 is 0 Å². The highest BCUT2D eigenvalue weighted by Gasteiger charge is 2.26. The van der Waals surface area contributed by atoms with Crippen molar-refractivity contribution >= 4 is 22.3 Å². The van der Waals surface area contributed by atoms with Gasteiger partial charge in [-0.25, -0.2) is 15.0 Å². The van der Waals surface area contributed by atoms with Gasteiger partial charge in [-0.1, -0.05) is 40.7 Å². The van der Waals surface area contributed by atoms with E-state index in [9.17, 15) is 0 Å². The van der Waals surface area contributed by atoms with E-state index in [1.165, 1.54) is 12.0 Å². The van der Waals surface area contributed by atoms with Gasteiger partial charge < -0.3 is 8.83 Å². The van der Waals surface area contributed by atoms with E-state index in [2.05, 4.69) is 61.7 Å². The predicted octanol–water partition coefficient (Wildman–Crippen LogP) is 5.18. The number of pyridine rings is 1. The molecule has 0 aliphatic heterocycles. The summed E-state index contributed by atoms with van der Waals surface area (Å²) in [5.74, 6) is 0.718. The molecule has 3 heterocycles. The zero-order chi connectivity index (χ0) is 18.5. The van der Waals surface area contributed by atoms with Crippen LogP contribution >= 0.6 is 0 Å². The molecule has 3 aromatic heterocycles. The topological polar surface area (TPSA) is 65.0 Å². The summed E-state index contributed by atoms with van der Waals surface area (Å²) in [6.07, 6.45) is 2.07. The molecule has 0 radical (unpaired) electrons. The molecule has 0 aliphatic carbocycles. The van der Waals surface area contributed by atoms with Gasteiger partial charge in [0, 0.05) is 11.8 Å². The van der Waals surface area contributed by atoms with Gasteiger partial charge >= 0.3 is 0 Å². The zero-order valence-corrected chi connectivity index (χ0v) is 15.8. The molecule has 0 saturated carbocycles. The van der Waals surface area contributed by atoms with Crippen molar-refractivity contribution in [1.29, 1.82) is 0 Å². The van der Waals surface area contributed by atoms with Crippen LogP contribution in [0.4, 0.5) is 0 Å². The van der Waals surface area contributed by atoms with Crippen molar-refractivity contribution in [3.8, 4) is 0 Å². The molecule has 0 bridgehead atoms. The summed E-state index contributed by atoms with van der Waals surface area (Å²) in [7, 11) is 0. The van der Waals surface area contributed by atoms with Crippen molar-refractivity contribution in [2.24, 2.45) is 0 Å². The number of fused-ring (bicyclic) bond motifs is 2. The lowest BCUT2D eigenvalue weighted by molar-refractivity contribution is 0.425. The number of rotatable bonds is 3. The Morgan fingerprint density at radius 1 is 0.923 bits per heavy atom. The highest BCUT2D eigenvalue weighted by molar-refractivity contribution is 5.74. The van der Waals surface area contributed by atoms with Gasteiger partial charge in [-0.15, -0.1) is 0 Å². The van der Waals surface area contributed by atoms with Crippen molar-refractivity contribution in [2.75, 3.05) is 0 Å². The summed E-state index contributed by atoms with van der Waals surface area (Å²) in [4.78, 5) is 13.4. The number of hydrogen-bond acceptors (Lipinski definition) is 5. The van der Waals surface area contributed by atoms with E-state index in [1.54, 1.807) is 0 Å². The molecule has 5 heteroatoms. The molecule has 0 N–H and O–H groups in total. The highest BCUT2D eigenvalue weighted by atomic mass is 16.3. The molecule has 5 nitrogen and oxygen atoms in total. The summed E-state index contributed by atoms with van der Waals surface area (Å²) in [6.45, 7) is 10.8. The maximum atomic E-state index is 6.06. The molecule has 4 rings (SSSR count). The molecule has 0 atom stereocenters. The number of hydrogen-bond donors (Lipinski definition) is 0. The first-order chi connectivity index (χ1) is 12.2. The van der Waals surface area contributed by atoms with Crippen LogP contribution in [0.5, 0.6) is 0 Å². The van der Waals surface area contributed by atoms with E-state index in [0.717, 1.165) is 28.2 Å². The van der Waals surface area contributed by atoms with Crippen LogP contribution in [0.15, 0.2) is 45.6 Å². The number of aromatic nitrogens is 3. The monoisotopic (exact) mass is 349 g/mol. The Morgan fingerprint density at radius 2 is 1.69 bits per heavy atom. The van der Waals surface area contributed by atoms with Crippen LogP contribution in [0, 0.1) is 0 Å². The van der Waals surface area contributed by atoms with Gasteiger partial charge in [0.15, 0.2) is 17.9 Å². The minimum Gasteiger partial charge on any atom is -0.441 e. The van der Waals surface area contributed by atoms with Crippen LogP contribution in [0.1, 0.15) is 51.8 Å². The Hall–Kier alpha value is -2.69. The molecule has 1 aromatic carbocycles. The highest BCUT2D eigenvalue weighted by Crippen LogP contribution is 2.30. The number of oxazole rings is 2. The molecule has 0 spiro atoms. The third kappa shape index (κ3) is 2.98. The third-order valence-electron chi connectivity index (χ3n) is 4.78. The summed E-state index contributed by atoms with van der Waals surface area (Å²) >= 11 is 0. The Bertz CT molecular complexity index is 1080. The molecule has 0 saturated heterocycles. The van der Waals surface area contributed by atoms with E-state index in [4.69, 9.17) is 8.83 Å². The van der Waals surface area contributed by atoms with Crippen molar-refractivity contribution in [1.82, 2.24) is 15.0 Å². The summed E-state index contributed by atoms with van der Waals surface area (Å²) in [5.41, 5.74) is 5.06. The maximum Gasteiger partial charge on any atom is 0.246 e. The SMILES string of the molecule is CC(C)(C)c1ccc2nc(CC(C)(C)c3ccc4ncoc4n3)oc2c1. The average molecular weight is 349 g/mol. The lowest BCUT2D eigenvalue weighted by Gasteiger charge is -2.21. The lowest BCUT2D eigenvalue weighted by Crippen LogP contribution is -2.22. The minimum atomic E-state index is -0.241. The summed E-state index contributed by atoms with van der Waals surface area (Å²) < 4.78 is 11.4. The molecular weight excluding hydrogens is 326 g/mol. The first-order valence-electron chi connectivity index (χ1n) is 8.83. The van der Waals surface area contributed by atoms with Gasteiger partial charge in [0.2, 0.25) is 5.71 Å². The Kier molecular flexibility index (Phi) is 3.65. The predicted molar refractivity (Wildman–Crippen MR) is 101 cm³/mol. The quantitative estimate of drug-likeness (QED) is 0.510. The molecule has 0 amide bonds. The Labute approximate surface area is 152 Å². The van der Waals surface area contributed by atoms with E-state index in [1.807, 2.05) is 18.2 Å². The van der Waals surface area contributed by atoms with Gasteiger partial charge in [-0.2, -0.15) is 0 Å². The first kappa shape index (κ1) is 16.8. The van der Waals surface area contributed by atoms with Gasteiger partial charge in [0.1, 0.15) is 11.0 Å². The molecule has 0 fully saturated rings. The normalized spacial score (nSPS) is 13.0. The molecule has 0 aliphatic rings. The fourth-order valence-corrected chi connectivity index (χ4v) is 3.11. The van der Waals surface area contributed by atoms with Crippen molar-refractivity contribution in [2.45, 2.75) is 51.9 Å². The van der Waals surface area contributed by atoms with Crippen molar-refractivity contribution < 1.29 is 8.83 Å². The Balaban J connectivity index is 1.66. The largest absolute Gasteiger partial charge is 0.441 e. The molecule has 26 heavy (non-hydrogen) atoms. The van der Waals surface area contributed by atoms with Crippen LogP contribution in [-0.2, 0) is 17.3 Å². The molecular formula is C21H23N3O2. The van der Waals surface area contributed by atoms with Gasteiger partial charge in [-0.05, 0) is 35.2 Å².